The van der Waals surface area contributed by atoms with Gasteiger partial charge in [0.2, 0.25) is 0 Å². The molecule has 0 unspecified atom stereocenters. The quantitative estimate of drug-likeness (QED) is 0.702. The van der Waals surface area contributed by atoms with E-state index in [2.05, 4.69) is 6.07 Å². The summed E-state index contributed by atoms with van der Waals surface area (Å²) in [7, 11) is 0. The van der Waals surface area contributed by atoms with Crippen molar-refractivity contribution >= 4 is 10.8 Å². The van der Waals surface area contributed by atoms with Crippen molar-refractivity contribution in [2.45, 2.75) is 6.54 Å². The second-order valence-corrected chi connectivity index (χ2v) is 5.12. The molecule has 4 heteroatoms. The summed E-state index contributed by atoms with van der Waals surface area (Å²) < 4.78 is 24.1. The maximum Gasteiger partial charge on any atom is 0.124 e. The topological polar surface area (TPSA) is 44.5 Å². The lowest BCUT2D eigenvalue weighted by Gasteiger charge is -2.13. The van der Waals surface area contributed by atoms with Crippen LogP contribution in [-0.2, 0) is 6.54 Å². The maximum atomic E-state index is 12.8. The van der Waals surface area contributed by atoms with E-state index in [0.717, 1.165) is 22.1 Å². The van der Waals surface area contributed by atoms with Crippen molar-refractivity contribution in [2.24, 2.45) is 5.73 Å². The fourth-order valence-electron chi connectivity index (χ4n) is 2.50. The molecular weight excluding hydrogens is 293 g/mol. The van der Waals surface area contributed by atoms with E-state index in [1.165, 1.54) is 12.1 Å². The molecule has 0 heterocycles. The van der Waals surface area contributed by atoms with Crippen LogP contribution >= 0.6 is 0 Å². The van der Waals surface area contributed by atoms with Crippen molar-refractivity contribution < 1.29 is 13.9 Å². The lowest BCUT2D eigenvalue weighted by Crippen LogP contribution is -2.11. The Bertz CT molecular complexity index is 787. The maximum absolute atomic E-state index is 12.8. The standard InChI is InChI=1S/C19H18FNO2/c20-15-6-8-16(9-7-15)22-11-12-23-19-10-5-14-3-1-2-4-17(14)18(19)13-21/h1-10H,11-13,21H2. The zero-order chi connectivity index (χ0) is 16.1. The van der Waals surface area contributed by atoms with Gasteiger partial charge in [-0.15, -0.1) is 0 Å². The minimum Gasteiger partial charge on any atom is -0.490 e. The highest BCUT2D eigenvalue weighted by Crippen LogP contribution is 2.27. The molecule has 0 saturated heterocycles. The summed E-state index contributed by atoms with van der Waals surface area (Å²) in [5.41, 5.74) is 6.87. The van der Waals surface area contributed by atoms with E-state index < -0.39 is 0 Å². The molecule has 3 aromatic rings. The Morgan fingerprint density at radius 1 is 0.826 bits per heavy atom. The molecular formula is C19H18FNO2. The van der Waals surface area contributed by atoms with Crippen molar-refractivity contribution in [2.75, 3.05) is 13.2 Å². The van der Waals surface area contributed by atoms with E-state index in [4.69, 9.17) is 15.2 Å². The minimum atomic E-state index is -0.280. The van der Waals surface area contributed by atoms with E-state index in [1.54, 1.807) is 12.1 Å². The largest absolute Gasteiger partial charge is 0.490 e. The van der Waals surface area contributed by atoms with Crippen LogP contribution in [0.15, 0.2) is 60.7 Å². The highest BCUT2D eigenvalue weighted by Gasteiger charge is 2.07. The van der Waals surface area contributed by atoms with Crippen LogP contribution in [0, 0.1) is 5.82 Å². The molecule has 0 amide bonds. The molecule has 0 aromatic heterocycles. The summed E-state index contributed by atoms with van der Waals surface area (Å²) in [6, 6.07) is 18.0. The minimum absolute atomic E-state index is 0.280. The summed E-state index contributed by atoms with van der Waals surface area (Å²) in [5, 5.41) is 2.25. The third-order valence-electron chi connectivity index (χ3n) is 3.62. The van der Waals surface area contributed by atoms with Crippen molar-refractivity contribution in [1.82, 2.24) is 0 Å². The van der Waals surface area contributed by atoms with Crippen molar-refractivity contribution in [3.8, 4) is 11.5 Å². The van der Waals surface area contributed by atoms with E-state index in [1.807, 2.05) is 30.3 Å². The second-order valence-electron chi connectivity index (χ2n) is 5.12. The van der Waals surface area contributed by atoms with Crippen LogP contribution in [0.25, 0.3) is 10.8 Å². The monoisotopic (exact) mass is 311 g/mol. The zero-order valence-corrected chi connectivity index (χ0v) is 12.7. The first-order valence-corrected chi connectivity index (χ1v) is 7.50. The smallest absolute Gasteiger partial charge is 0.124 e. The number of hydrogen-bond donors (Lipinski definition) is 1. The Morgan fingerprint density at radius 3 is 2.35 bits per heavy atom. The molecule has 3 aromatic carbocycles. The molecule has 2 N–H and O–H groups in total. The third-order valence-corrected chi connectivity index (χ3v) is 3.62. The molecule has 0 radical (unpaired) electrons. The van der Waals surface area contributed by atoms with Crippen molar-refractivity contribution in [1.29, 1.82) is 0 Å². The lowest BCUT2D eigenvalue weighted by molar-refractivity contribution is 0.216. The highest BCUT2D eigenvalue weighted by atomic mass is 19.1. The van der Waals surface area contributed by atoms with Gasteiger partial charge in [-0.25, -0.2) is 4.39 Å². The van der Waals surface area contributed by atoms with Gasteiger partial charge in [0.15, 0.2) is 0 Å². The van der Waals surface area contributed by atoms with E-state index in [-0.39, 0.29) is 5.82 Å². The Hall–Kier alpha value is -2.59. The van der Waals surface area contributed by atoms with Crippen LogP contribution in [0.4, 0.5) is 4.39 Å². The van der Waals surface area contributed by atoms with Gasteiger partial charge in [0.25, 0.3) is 0 Å². The first-order chi connectivity index (χ1) is 11.3. The highest BCUT2D eigenvalue weighted by molar-refractivity contribution is 5.87. The number of ether oxygens (including phenoxy) is 2. The summed E-state index contributed by atoms with van der Waals surface area (Å²) in [4.78, 5) is 0. The van der Waals surface area contributed by atoms with Gasteiger partial charge in [0.05, 0.1) is 0 Å². The molecule has 23 heavy (non-hydrogen) atoms. The number of nitrogens with two attached hydrogens (primary N) is 1. The van der Waals surface area contributed by atoms with Gasteiger partial charge in [0, 0.05) is 12.1 Å². The lowest BCUT2D eigenvalue weighted by atomic mass is 10.0. The number of hydrogen-bond acceptors (Lipinski definition) is 3. The average molecular weight is 311 g/mol. The number of rotatable bonds is 6. The summed E-state index contributed by atoms with van der Waals surface area (Å²) >= 11 is 0. The molecule has 0 spiro atoms. The van der Waals surface area contributed by atoms with Crippen LogP contribution in [0.2, 0.25) is 0 Å². The van der Waals surface area contributed by atoms with Crippen molar-refractivity contribution in [3.05, 3.63) is 72.0 Å². The molecule has 0 atom stereocenters. The van der Waals surface area contributed by atoms with Crippen LogP contribution in [-0.4, -0.2) is 13.2 Å². The van der Waals surface area contributed by atoms with Gasteiger partial charge in [0.1, 0.15) is 30.5 Å². The molecule has 0 bridgehead atoms. The number of fused-ring (bicyclic) bond motifs is 1. The SMILES string of the molecule is NCc1c(OCCOc2ccc(F)cc2)ccc2ccccc12. The predicted molar refractivity (Wildman–Crippen MR) is 89.2 cm³/mol. The summed E-state index contributed by atoms with van der Waals surface area (Å²) in [6.07, 6.45) is 0. The fourth-order valence-corrected chi connectivity index (χ4v) is 2.50. The van der Waals surface area contributed by atoms with Gasteiger partial charge in [-0.3, -0.25) is 0 Å². The fraction of sp³-hybridized carbons (Fsp3) is 0.158. The van der Waals surface area contributed by atoms with E-state index in [0.29, 0.717) is 25.5 Å². The van der Waals surface area contributed by atoms with Crippen LogP contribution < -0.4 is 15.2 Å². The Morgan fingerprint density at radius 2 is 1.57 bits per heavy atom. The predicted octanol–water partition coefficient (Wildman–Crippen LogP) is 3.90. The number of halogens is 1. The zero-order valence-electron chi connectivity index (χ0n) is 12.7. The molecule has 0 fully saturated rings. The summed E-state index contributed by atoms with van der Waals surface area (Å²) in [6.45, 7) is 1.18. The summed E-state index contributed by atoms with van der Waals surface area (Å²) in [5.74, 6) is 1.11. The Labute approximate surface area is 134 Å². The van der Waals surface area contributed by atoms with Gasteiger partial charge in [-0.1, -0.05) is 30.3 Å². The number of benzene rings is 3. The van der Waals surface area contributed by atoms with Crippen LogP contribution in [0.5, 0.6) is 11.5 Å². The average Bonchev–Trinajstić information content (AvgIpc) is 2.59. The first-order valence-electron chi connectivity index (χ1n) is 7.50. The molecule has 3 nitrogen and oxygen atoms in total. The molecule has 3 rings (SSSR count). The van der Waals surface area contributed by atoms with E-state index in [9.17, 15) is 4.39 Å². The van der Waals surface area contributed by atoms with Crippen molar-refractivity contribution in [3.63, 3.8) is 0 Å². The second kappa shape index (κ2) is 7.11. The molecule has 0 aliphatic rings. The molecule has 0 aliphatic heterocycles. The van der Waals surface area contributed by atoms with Gasteiger partial charge in [-0.05, 0) is 41.1 Å². The van der Waals surface area contributed by atoms with Gasteiger partial charge >= 0.3 is 0 Å². The van der Waals surface area contributed by atoms with Gasteiger partial charge < -0.3 is 15.2 Å². The Kier molecular flexibility index (Phi) is 4.74. The normalized spacial score (nSPS) is 10.7. The van der Waals surface area contributed by atoms with E-state index >= 15 is 0 Å². The first kappa shape index (κ1) is 15.3. The third kappa shape index (κ3) is 3.60. The van der Waals surface area contributed by atoms with Crippen LogP contribution in [0.1, 0.15) is 5.56 Å². The van der Waals surface area contributed by atoms with Gasteiger partial charge in [-0.2, -0.15) is 0 Å². The van der Waals surface area contributed by atoms with Crippen LogP contribution in [0.3, 0.4) is 0 Å². The molecule has 118 valence electrons. The molecule has 0 aliphatic carbocycles. The molecule has 0 saturated carbocycles. The Balaban J connectivity index is 1.64.